The van der Waals surface area contributed by atoms with Crippen molar-refractivity contribution in [3.05, 3.63) is 78.3 Å². The fraction of sp³-hybridized carbons (Fsp3) is 0.357. The van der Waals surface area contributed by atoms with E-state index in [2.05, 4.69) is 39.2 Å². The van der Waals surface area contributed by atoms with Gasteiger partial charge in [-0.2, -0.15) is 0 Å². The number of para-hydroxylation sites is 1. The van der Waals surface area contributed by atoms with Crippen molar-refractivity contribution in [2.45, 2.75) is 50.6 Å². The summed E-state index contributed by atoms with van der Waals surface area (Å²) in [7, 11) is 0. The van der Waals surface area contributed by atoms with Crippen LogP contribution in [0.5, 0.6) is 0 Å². The topological polar surface area (TPSA) is 89.1 Å². The maximum atomic E-state index is 14.8. The fourth-order valence-electron chi connectivity index (χ4n) is 4.13. The highest BCUT2D eigenvalue weighted by Gasteiger charge is 2.20. The van der Waals surface area contributed by atoms with E-state index in [1.807, 2.05) is 37.3 Å². The van der Waals surface area contributed by atoms with Gasteiger partial charge in [-0.3, -0.25) is 9.36 Å². The molecule has 38 heavy (non-hydrogen) atoms. The first-order valence-corrected chi connectivity index (χ1v) is 13.8. The summed E-state index contributed by atoms with van der Waals surface area (Å²) in [5.74, 6) is 0.557. The molecule has 4 rings (SSSR count). The molecule has 0 aliphatic heterocycles. The highest BCUT2D eigenvalue weighted by atomic mass is 32.2. The van der Waals surface area contributed by atoms with E-state index >= 15 is 0 Å². The molecule has 0 aliphatic rings. The van der Waals surface area contributed by atoms with Crippen LogP contribution in [0.2, 0.25) is 0 Å². The lowest BCUT2D eigenvalue weighted by atomic mass is 10.1. The van der Waals surface area contributed by atoms with E-state index in [1.165, 1.54) is 24.1 Å². The average Bonchev–Trinajstić information content (AvgIpc) is 3.58. The van der Waals surface area contributed by atoms with E-state index in [0.717, 1.165) is 38.0 Å². The number of hydrogen-bond acceptors (Lipinski definition) is 7. The Morgan fingerprint density at radius 3 is 2.58 bits per heavy atom. The number of benzene rings is 2. The van der Waals surface area contributed by atoms with Crippen molar-refractivity contribution in [1.29, 1.82) is 0 Å². The zero-order valence-corrected chi connectivity index (χ0v) is 22.7. The van der Waals surface area contributed by atoms with Gasteiger partial charge in [-0.15, -0.1) is 10.2 Å². The molecule has 0 fully saturated rings. The van der Waals surface area contributed by atoms with Crippen LogP contribution in [0, 0.1) is 5.82 Å². The van der Waals surface area contributed by atoms with Gasteiger partial charge < -0.3 is 14.6 Å². The molecule has 1 N–H and O–H groups in total. The molecule has 8 nitrogen and oxygen atoms in total. The Kier molecular flexibility index (Phi) is 9.67. The zero-order valence-electron chi connectivity index (χ0n) is 21.9. The van der Waals surface area contributed by atoms with E-state index in [9.17, 15) is 9.18 Å². The van der Waals surface area contributed by atoms with Crippen molar-refractivity contribution in [2.24, 2.45) is 0 Å². The number of nitrogens with one attached hydrogen (secondary N) is 1. The first-order chi connectivity index (χ1) is 18.5. The van der Waals surface area contributed by atoms with Crippen LogP contribution < -0.4 is 5.32 Å². The van der Waals surface area contributed by atoms with Gasteiger partial charge in [0, 0.05) is 11.6 Å². The van der Waals surface area contributed by atoms with Gasteiger partial charge in [0.2, 0.25) is 5.89 Å². The molecule has 2 aromatic carbocycles. The lowest BCUT2D eigenvalue weighted by Gasteiger charge is -2.19. The van der Waals surface area contributed by atoms with Crippen molar-refractivity contribution in [1.82, 2.24) is 30.0 Å². The Balaban J connectivity index is 1.42. The summed E-state index contributed by atoms with van der Waals surface area (Å²) in [5, 5.41) is 12.1. The van der Waals surface area contributed by atoms with Gasteiger partial charge in [-0.05, 0) is 51.5 Å². The molecular formula is C28H33FN6O2S. The standard InChI is InChI=1S/C28H33FN6O2S/c1-4-34(5-2)17-11-12-20(3)30-27(36)23-18-37-25(31-23)19-38-28-33-32-26(21-13-7-6-8-14-21)35(28)24-16-10-9-15-22(24)29/h6-10,13-16,18,20H,4-5,11-12,17,19H2,1-3H3,(H,30,36). The van der Waals surface area contributed by atoms with Gasteiger partial charge >= 0.3 is 0 Å². The number of oxazole rings is 1. The molecular weight excluding hydrogens is 503 g/mol. The molecule has 0 saturated carbocycles. The Hall–Kier alpha value is -3.50. The molecule has 0 aliphatic carbocycles. The van der Waals surface area contributed by atoms with Crippen LogP contribution >= 0.6 is 11.8 Å². The average molecular weight is 537 g/mol. The third-order valence-corrected chi connectivity index (χ3v) is 7.16. The van der Waals surface area contributed by atoms with E-state index in [0.29, 0.717) is 28.3 Å². The molecule has 2 aromatic heterocycles. The number of halogens is 1. The molecule has 0 spiro atoms. The van der Waals surface area contributed by atoms with Crippen molar-refractivity contribution < 1.29 is 13.6 Å². The summed E-state index contributed by atoms with van der Waals surface area (Å²) < 4.78 is 22.0. The van der Waals surface area contributed by atoms with Gasteiger partial charge in [-0.1, -0.05) is 68.1 Å². The van der Waals surface area contributed by atoms with Crippen molar-refractivity contribution in [3.8, 4) is 17.1 Å². The molecule has 0 radical (unpaired) electrons. The highest BCUT2D eigenvalue weighted by molar-refractivity contribution is 7.98. The van der Waals surface area contributed by atoms with E-state index in [4.69, 9.17) is 4.42 Å². The number of hydrogen-bond donors (Lipinski definition) is 1. The predicted molar refractivity (Wildman–Crippen MR) is 147 cm³/mol. The van der Waals surface area contributed by atoms with Gasteiger partial charge in [0.15, 0.2) is 16.7 Å². The van der Waals surface area contributed by atoms with Crippen molar-refractivity contribution in [2.75, 3.05) is 19.6 Å². The minimum absolute atomic E-state index is 0.0308. The number of nitrogens with zero attached hydrogens (tertiary/aromatic N) is 5. The third-order valence-electron chi connectivity index (χ3n) is 6.25. The lowest BCUT2D eigenvalue weighted by molar-refractivity contribution is 0.0932. The number of carbonyl (C=O) groups is 1. The molecule has 4 aromatic rings. The number of rotatable bonds is 13. The fourth-order valence-corrected chi connectivity index (χ4v) is 4.92. The molecule has 1 unspecified atom stereocenters. The summed E-state index contributed by atoms with van der Waals surface area (Å²) in [6.07, 6.45) is 3.26. The van der Waals surface area contributed by atoms with Crippen LogP contribution in [0.1, 0.15) is 50.0 Å². The molecule has 1 amide bonds. The maximum absolute atomic E-state index is 14.8. The molecule has 200 valence electrons. The number of amides is 1. The number of thioether (sulfide) groups is 1. The first-order valence-electron chi connectivity index (χ1n) is 12.9. The molecule has 0 bridgehead atoms. The van der Waals surface area contributed by atoms with Crippen LogP contribution in [0.3, 0.4) is 0 Å². The Morgan fingerprint density at radius 1 is 1.11 bits per heavy atom. The highest BCUT2D eigenvalue weighted by Crippen LogP contribution is 2.30. The smallest absolute Gasteiger partial charge is 0.273 e. The van der Waals surface area contributed by atoms with E-state index in [-0.39, 0.29) is 23.5 Å². The minimum atomic E-state index is -0.382. The second-order valence-electron chi connectivity index (χ2n) is 8.92. The van der Waals surface area contributed by atoms with Gasteiger partial charge in [0.1, 0.15) is 12.1 Å². The van der Waals surface area contributed by atoms with Gasteiger partial charge in [-0.25, -0.2) is 9.37 Å². The summed E-state index contributed by atoms with van der Waals surface area (Å²) in [6, 6.07) is 16.0. The second kappa shape index (κ2) is 13.3. The minimum Gasteiger partial charge on any atom is -0.447 e. The zero-order chi connectivity index (χ0) is 26.9. The van der Waals surface area contributed by atoms with Gasteiger partial charge in [0.05, 0.1) is 11.4 Å². The number of carbonyl (C=O) groups excluding carboxylic acids is 1. The van der Waals surface area contributed by atoms with E-state index < -0.39 is 0 Å². The summed E-state index contributed by atoms with van der Waals surface area (Å²) in [4.78, 5) is 19.4. The molecule has 1 atom stereocenters. The SMILES string of the molecule is CCN(CC)CCCC(C)NC(=O)c1coc(CSc2nnc(-c3ccccc3)n2-c2ccccc2F)n1. The predicted octanol–water partition coefficient (Wildman–Crippen LogP) is 5.59. The summed E-state index contributed by atoms with van der Waals surface area (Å²) in [5.41, 5.74) is 1.40. The Morgan fingerprint density at radius 2 is 1.84 bits per heavy atom. The summed E-state index contributed by atoms with van der Waals surface area (Å²) in [6.45, 7) is 9.38. The monoisotopic (exact) mass is 536 g/mol. The van der Waals surface area contributed by atoms with Gasteiger partial charge in [0.25, 0.3) is 5.91 Å². The normalized spacial score (nSPS) is 12.1. The molecule has 2 heterocycles. The number of aromatic nitrogens is 4. The lowest BCUT2D eigenvalue weighted by Crippen LogP contribution is -2.33. The summed E-state index contributed by atoms with van der Waals surface area (Å²) >= 11 is 1.31. The maximum Gasteiger partial charge on any atom is 0.273 e. The molecule has 10 heteroatoms. The van der Waals surface area contributed by atoms with Crippen LogP contribution in [0.15, 0.2) is 70.4 Å². The van der Waals surface area contributed by atoms with E-state index in [1.54, 1.807) is 22.8 Å². The van der Waals surface area contributed by atoms with Crippen molar-refractivity contribution in [3.63, 3.8) is 0 Å². The van der Waals surface area contributed by atoms with Crippen LogP contribution in [-0.2, 0) is 5.75 Å². The van der Waals surface area contributed by atoms with Crippen LogP contribution in [0.4, 0.5) is 4.39 Å². The van der Waals surface area contributed by atoms with Crippen molar-refractivity contribution >= 4 is 17.7 Å². The third kappa shape index (κ3) is 6.87. The largest absolute Gasteiger partial charge is 0.447 e. The quantitative estimate of drug-likeness (QED) is 0.223. The van der Waals surface area contributed by atoms with Crippen LogP contribution in [0.25, 0.3) is 17.1 Å². The molecule has 0 saturated heterocycles. The Bertz CT molecular complexity index is 1320. The first kappa shape index (κ1) is 27.5. The second-order valence-corrected chi connectivity index (χ2v) is 9.86. The van der Waals surface area contributed by atoms with Crippen LogP contribution in [-0.4, -0.2) is 56.2 Å². The Labute approximate surface area is 226 Å².